The molecule has 0 saturated carbocycles. The number of rotatable bonds is 6. The molecule has 0 amide bonds. The van der Waals surface area contributed by atoms with Gasteiger partial charge in [0.25, 0.3) is 0 Å². The largest absolute Gasteiger partial charge is 0.378 e. The lowest BCUT2D eigenvalue weighted by atomic mass is 9.88. The summed E-state index contributed by atoms with van der Waals surface area (Å²) in [5.74, 6) is -0.171. The zero-order valence-corrected chi connectivity index (χ0v) is 14.9. The van der Waals surface area contributed by atoms with Gasteiger partial charge in [-0.25, -0.2) is 0 Å². The first-order chi connectivity index (χ1) is 11.4. The molecule has 2 rings (SSSR count). The zero-order valence-electron chi connectivity index (χ0n) is 14.9. The fourth-order valence-electron chi connectivity index (χ4n) is 2.73. The Balaban J connectivity index is 2.05. The smallest absolute Gasteiger partial charge is 0.209 e. The first kappa shape index (κ1) is 17.9. The molecule has 3 heteroatoms. The van der Waals surface area contributed by atoms with Gasteiger partial charge < -0.3 is 5.32 Å². The number of Topliss-reactive ketones (excluding diaryl/α,β-unsaturated/α-hetero) is 2. The van der Waals surface area contributed by atoms with Crippen molar-refractivity contribution in [3.63, 3.8) is 0 Å². The first-order valence-electron chi connectivity index (χ1n) is 8.34. The highest BCUT2D eigenvalue weighted by Crippen LogP contribution is 2.24. The Morgan fingerprint density at radius 1 is 1.00 bits per heavy atom. The Morgan fingerprint density at radius 2 is 1.62 bits per heavy atom. The molecule has 1 aromatic rings. The van der Waals surface area contributed by atoms with E-state index in [1.54, 1.807) is 31.2 Å². The van der Waals surface area contributed by atoms with Crippen molar-refractivity contribution >= 4 is 11.6 Å². The van der Waals surface area contributed by atoms with Gasteiger partial charge >= 0.3 is 0 Å². The fourth-order valence-corrected chi connectivity index (χ4v) is 2.73. The highest BCUT2D eigenvalue weighted by atomic mass is 16.1. The second-order valence-corrected chi connectivity index (χ2v) is 6.46. The lowest BCUT2D eigenvalue weighted by Crippen LogP contribution is -2.29. The predicted molar refractivity (Wildman–Crippen MR) is 98.2 cm³/mol. The average molecular weight is 323 g/mol. The van der Waals surface area contributed by atoms with E-state index in [4.69, 9.17) is 0 Å². The molecule has 1 aromatic carbocycles. The van der Waals surface area contributed by atoms with Crippen molar-refractivity contribution in [1.82, 2.24) is 5.32 Å². The summed E-state index contributed by atoms with van der Waals surface area (Å²) in [5.41, 5.74) is 4.50. The summed E-state index contributed by atoms with van der Waals surface area (Å²) in [5, 5.41) is 3.14. The molecule has 126 valence electrons. The molecule has 0 bridgehead atoms. The van der Waals surface area contributed by atoms with E-state index in [0.717, 1.165) is 12.8 Å². The molecular weight excluding hydrogens is 298 g/mol. The molecular formula is C21H25NO2. The van der Waals surface area contributed by atoms with Crippen LogP contribution in [-0.4, -0.2) is 18.1 Å². The molecule has 1 aliphatic carbocycles. The van der Waals surface area contributed by atoms with Crippen molar-refractivity contribution < 1.29 is 9.59 Å². The van der Waals surface area contributed by atoms with E-state index in [1.165, 1.54) is 11.1 Å². The van der Waals surface area contributed by atoms with Crippen LogP contribution in [0.15, 0.2) is 58.8 Å². The Kier molecular flexibility index (Phi) is 5.91. The zero-order chi connectivity index (χ0) is 17.7. The Morgan fingerprint density at radius 3 is 2.25 bits per heavy atom. The minimum atomic E-state index is -0.0988. The topological polar surface area (TPSA) is 46.2 Å². The predicted octanol–water partition coefficient (Wildman–Crippen LogP) is 4.62. The maximum Gasteiger partial charge on any atom is 0.209 e. The summed E-state index contributed by atoms with van der Waals surface area (Å²) in [6.07, 6.45) is 6.33. The molecule has 3 nitrogen and oxygen atoms in total. The standard InChI is InChI=1S/C21H25NO2/c1-14(2)8-7-9-15(3)12-13-22-19-16(4)20(23)17-10-5-6-11-18(17)21(19)24/h5-6,8,10-12,22H,7,9,13H2,1-4H3/b15-12+. The van der Waals surface area contributed by atoms with E-state index in [0.29, 0.717) is 28.9 Å². The van der Waals surface area contributed by atoms with Gasteiger partial charge in [0.15, 0.2) is 5.78 Å². The minimum absolute atomic E-state index is 0.0723. The van der Waals surface area contributed by atoms with Crippen LogP contribution in [0.3, 0.4) is 0 Å². The van der Waals surface area contributed by atoms with Gasteiger partial charge in [-0.05, 0) is 40.5 Å². The fraction of sp³-hybridized carbons (Fsp3) is 0.333. The first-order valence-corrected chi connectivity index (χ1v) is 8.34. The van der Waals surface area contributed by atoms with Crippen molar-refractivity contribution in [2.45, 2.75) is 40.5 Å². The van der Waals surface area contributed by atoms with Gasteiger partial charge in [-0.3, -0.25) is 9.59 Å². The summed E-state index contributed by atoms with van der Waals surface area (Å²) >= 11 is 0. The van der Waals surface area contributed by atoms with Crippen LogP contribution in [0.5, 0.6) is 0 Å². The van der Waals surface area contributed by atoms with Crippen LogP contribution in [-0.2, 0) is 0 Å². The van der Waals surface area contributed by atoms with Gasteiger partial charge in [0, 0.05) is 23.2 Å². The maximum atomic E-state index is 12.6. The van der Waals surface area contributed by atoms with Crippen molar-refractivity contribution in [3.05, 3.63) is 70.0 Å². The Bertz CT molecular complexity index is 747. The SMILES string of the molecule is CC(C)=CCC/C(C)=C/CNC1=C(C)C(=O)c2ccccc2C1=O. The third-order valence-corrected chi connectivity index (χ3v) is 4.18. The molecule has 0 aromatic heterocycles. The van der Waals surface area contributed by atoms with E-state index in [2.05, 4.69) is 38.2 Å². The van der Waals surface area contributed by atoms with E-state index in [1.807, 2.05) is 0 Å². The van der Waals surface area contributed by atoms with E-state index in [-0.39, 0.29) is 11.6 Å². The molecule has 0 fully saturated rings. The average Bonchev–Trinajstić information content (AvgIpc) is 2.55. The van der Waals surface area contributed by atoms with Crippen LogP contribution in [0.25, 0.3) is 0 Å². The number of allylic oxidation sites excluding steroid dienone is 5. The summed E-state index contributed by atoms with van der Waals surface area (Å²) in [6, 6.07) is 7.00. The number of fused-ring (bicyclic) bond motifs is 1. The summed E-state index contributed by atoms with van der Waals surface area (Å²) in [6.45, 7) is 8.54. The van der Waals surface area contributed by atoms with E-state index < -0.39 is 0 Å². The highest BCUT2D eigenvalue weighted by molar-refractivity contribution is 6.26. The monoisotopic (exact) mass is 323 g/mol. The molecule has 0 unspecified atom stereocenters. The van der Waals surface area contributed by atoms with Crippen molar-refractivity contribution in [3.8, 4) is 0 Å². The molecule has 0 radical (unpaired) electrons. The quantitative estimate of drug-likeness (QED) is 0.777. The number of ketones is 2. The molecule has 0 saturated heterocycles. The summed E-state index contributed by atoms with van der Waals surface area (Å²) in [7, 11) is 0. The van der Waals surface area contributed by atoms with E-state index in [9.17, 15) is 9.59 Å². The van der Waals surface area contributed by atoms with Gasteiger partial charge in [0.2, 0.25) is 5.78 Å². The summed E-state index contributed by atoms with van der Waals surface area (Å²) < 4.78 is 0. The number of carbonyl (C=O) groups excluding carboxylic acids is 2. The van der Waals surface area contributed by atoms with Crippen LogP contribution in [0.2, 0.25) is 0 Å². The number of nitrogens with one attached hydrogen (secondary N) is 1. The summed E-state index contributed by atoms with van der Waals surface area (Å²) in [4.78, 5) is 25.0. The van der Waals surface area contributed by atoms with Gasteiger partial charge in [-0.1, -0.05) is 47.6 Å². The Labute approximate surface area is 144 Å². The maximum absolute atomic E-state index is 12.6. The van der Waals surface area contributed by atoms with Crippen molar-refractivity contribution in [2.75, 3.05) is 6.54 Å². The van der Waals surface area contributed by atoms with Gasteiger partial charge in [0.05, 0.1) is 5.70 Å². The highest BCUT2D eigenvalue weighted by Gasteiger charge is 2.29. The molecule has 1 N–H and O–H groups in total. The molecule has 1 aliphatic rings. The van der Waals surface area contributed by atoms with Gasteiger partial charge in [-0.15, -0.1) is 0 Å². The van der Waals surface area contributed by atoms with Gasteiger partial charge in [-0.2, -0.15) is 0 Å². The van der Waals surface area contributed by atoms with Crippen molar-refractivity contribution in [2.24, 2.45) is 0 Å². The van der Waals surface area contributed by atoms with Crippen LogP contribution in [0.1, 0.15) is 61.3 Å². The minimum Gasteiger partial charge on any atom is -0.378 e. The second-order valence-electron chi connectivity index (χ2n) is 6.46. The Hall–Kier alpha value is -2.42. The molecule has 0 spiro atoms. The molecule has 24 heavy (non-hydrogen) atoms. The third-order valence-electron chi connectivity index (χ3n) is 4.18. The number of benzene rings is 1. The second kappa shape index (κ2) is 7.91. The number of hydrogen-bond donors (Lipinski definition) is 1. The molecule has 0 atom stereocenters. The number of hydrogen-bond acceptors (Lipinski definition) is 3. The lowest BCUT2D eigenvalue weighted by molar-refractivity contribution is 0.0969. The van der Waals surface area contributed by atoms with Crippen LogP contribution in [0.4, 0.5) is 0 Å². The van der Waals surface area contributed by atoms with Crippen LogP contribution < -0.4 is 5.32 Å². The van der Waals surface area contributed by atoms with Crippen LogP contribution in [0, 0.1) is 0 Å². The lowest BCUT2D eigenvalue weighted by Gasteiger charge is -2.19. The van der Waals surface area contributed by atoms with Gasteiger partial charge in [0.1, 0.15) is 0 Å². The van der Waals surface area contributed by atoms with E-state index >= 15 is 0 Å². The molecule has 0 heterocycles. The third kappa shape index (κ3) is 4.10. The normalized spacial score (nSPS) is 14.6. The molecule has 0 aliphatic heterocycles. The van der Waals surface area contributed by atoms with Crippen LogP contribution >= 0.6 is 0 Å². The number of carbonyl (C=O) groups is 2. The van der Waals surface area contributed by atoms with Crippen molar-refractivity contribution in [1.29, 1.82) is 0 Å².